The van der Waals surface area contributed by atoms with Crippen LogP contribution in [0, 0.1) is 11.2 Å². The molecule has 0 saturated carbocycles. The Morgan fingerprint density at radius 3 is 2.58 bits per heavy atom. The van der Waals surface area contributed by atoms with E-state index in [1.807, 2.05) is 25.1 Å². The lowest BCUT2D eigenvalue weighted by atomic mass is 9.68. The highest BCUT2D eigenvalue weighted by atomic mass is 19.1. The number of carbonyl (C=O) groups excluding carboxylic acids is 2. The molecule has 7 heteroatoms. The largest absolute Gasteiger partial charge is 0.454 e. The van der Waals surface area contributed by atoms with Crippen LogP contribution in [-0.2, 0) is 9.59 Å². The molecule has 5 rings (SSSR count). The van der Waals surface area contributed by atoms with Crippen LogP contribution in [-0.4, -0.2) is 18.5 Å². The molecule has 1 atom stereocenters. The van der Waals surface area contributed by atoms with Crippen LogP contribution in [0.4, 0.5) is 10.1 Å². The lowest BCUT2D eigenvalue weighted by Gasteiger charge is -2.39. The molecule has 1 aliphatic carbocycles. The van der Waals surface area contributed by atoms with E-state index in [-0.39, 0.29) is 29.7 Å². The van der Waals surface area contributed by atoms with E-state index in [4.69, 9.17) is 9.47 Å². The van der Waals surface area contributed by atoms with Gasteiger partial charge in [-0.05, 0) is 60.7 Å². The van der Waals surface area contributed by atoms with Crippen LogP contribution < -0.4 is 20.1 Å². The quantitative estimate of drug-likeness (QED) is 0.706. The van der Waals surface area contributed by atoms with Gasteiger partial charge in [0.15, 0.2) is 17.3 Å². The van der Waals surface area contributed by atoms with Crippen LogP contribution in [0.5, 0.6) is 11.5 Å². The lowest BCUT2D eigenvalue weighted by Crippen LogP contribution is -2.39. The first-order valence-corrected chi connectivity index (χ1v) is 10.9. The van der Waals surface area contributed by atoms with Crippen molar-refractivity contribution in [3.8, 4) is 11.5 Å². The molecule has 2 heterocycles. The molecule has 3 aliphatic rings. The summed E-state index contributed by atoms with van der Waals surface area (Å²) in [6.45, 7) is 6.12. The van der Waals surface area contributed by atoms with E-state index >= 15 is 0 Å². The van der Waals surface area contributed by atoms with Crippen molar-refractivity contribution in [1.82, 2.24) is 5.32 Å². The van der Waals surface area contributed by atoms with Crippen molar-refractivity contribution in [3.63, 3.8) is 0 Å². The fourth-order valence-corrected chi connectivity index (χ4v) is 4.89. The zero-order valence-corrected chi connectivity index (χ0v) is 18.8. The predicted octanol–water partition coefficient (Wildman–Crippen LogP) is 4.80. The highest BCUT2D eigenvalue weighted by Crippen LogP contribution is 2.48. The standard InChI is InChI=1S/C26H25FN2O4/c1-14-22(25(31)29-17-7-5-16(27)6-8-17)23(15-4-9-20-21(10-15)33-13-32-20)24-18(28-14)11-26(2,3)12-19(24)30/h4-10,23,28H,11-13H2,1-3H3,(H,29,31)/t23-/m0/s1. The molecule has 0 spiro atoms. The molecule has 0 bridgehead atoms. The van der Waals surface area contributed by atoms with Gasteiger partial charge in [0.1, 0.15) is 5.82 Å². The summed E-state index contributed by atoms with van der Waals surface area (Å²) in [7, 11) is 0. The van der Waals surface area contributed by atoms with Gasteiger partial charge in [-0.25, -0.2) is 4.39 Å². The second-order valence-electron chi connectivity index (χ2n) is 9.50. The molecule has 2 N–H and O–H groups in total. The molecule has 0 radical (unpaired) electrons. The monoisotopic (exact) mass is 448 g/mol. The van der Waals surface area contributed by atoms with Crippen molar-refractivity contribution in [2.45, 2.75) is 39.5 Å². The van der Waals surface area contributed by atoms with E-state index in [1.54, 1.807) is 0 Å². The van der Waals surface area contributed by atoms with Crippen molar-refractivity contribution < 1.29 is 23.5 Å². The second kappa shape index (κ2) is 7.76. The maximum atomic E-state index is 13.5. The molecule has 170 valence electrons. The van der Waals surface area contributed by atoms with Crippen LogP contribution in [0.3, 0.4) is 0 Å². The number of fused-ring (bicyclic) bond motifs is 1. The first kappa shape index (κ1) is 21.2. The predicted molar refractivity (Wildman–Crippen MR) is 121 cm³/mol. The van der Waals surface area contributed by atoms with E-state index in [1.165, 1.54) is 24.3 Å². The number of carbonyl (C=O) groups is 2. The number of rotatable bonds is 3. The minimum atomic E-state index is -0.556. The third-order valence-electron chi connectivity index (χ3n) is 6.32. The van der Waals surface area contributed by atoms with E-state index in [2.05, 4.69) is 24.5 Å². The molecule has 33 heavy (non-hydrogen) atoms. The molecule has 2 aromatic carbocycles. The van der Waals surface area contributed by atoms with Crippen molar-refractivity contribution in [2.24, 2.45) is 5.41 Å². The molecule has 0 fully saturated rings. The minimum absolute atomic E-state index is 0.0241. The average Bonchev–Trinajstić information content (AvgIpc) is 3.21. The molecule has 6 nitrogen and oxygen atoms in total. The second-order valence-corrected chi connectivity index (χ2v) is 9.50. The number of ketones is 1. The van der Waals surface area contributed by atoms with Gasteiger partial charge in [0, 0.05) is 40.6 Å². The number of dihydropyridines is 1. The fraction of sp³-hybridized carbons (Fsp3) is 0.308. The topological polar surface area (TPSA) is 76.7 Å². The van der Waals surface area contributed by atoms with Gasteiger partial charge in [0.05, 0.1) is 0 Å². The van der Waals surface area contributed by atoms with E-state index < -0.39 is 5.92 Å². The van der Waals surface area contributed by atoms with Gasteiger partial charge in [-0.3, -0.25) is 9.59 Å². The first-order chi connectivity index (χ1) is 15.7. The summed E-state index contributed by atoms with van der Waals surface area (Å²) < 4.78 is 24.3. The zero-order chi connectivity index (χ0) is 23.3. The highest BCUT2D eigenvalue weighted by molar-refractivity contribution is 6.10. The van der Waals surface area contributed by atoms with Crippen molar-refractivity contribution in [3.05, 3.63) is 76.4 Å². The number of allylic oxidation sites excluding steroid dienone is 3. The Morgan fingerprint density at radius 1 is 1.09 bits per heavy atom. The number of ether oxygens (including phenoxy) is 2. The number of nitrogens with one attached hydrogen (secondary N) is 2. The molecular formula is C26H25FN2O4. The van der Waals surface area contributed by atoms with Crippen molar-refractivity contribution >= 4 is 17.4 Å². The smallest absolute Gasteiger partial charge is 0.254 e. The molecule has 0 saturated heterocycles. The van der Waals surface area contributed by atoms with Gasteiger partial charge >= 0.3 is 0 Å². The number of hydrogen-bond donors (Lipinski definition) is 2. The van der Waals surface area contributed by atoms with Gasteiger partial charge < -0.3 is 20.1 Å². The Bertz CT molecular complexity index is 1230. The van der Waals surface area contributed by atoms with Crippen molar-refractivity contribution in [1.29, 1.82) is 0 Å². The molecule has 2 aromatic rings. The summed E-state index contributed by atoms with van der Waals surface area (Å²) in [5.41, 5.74) is 3.69. The van der Waals surface area contributed by atoms with Gasteiger partial charge in [-0.2, -0.15) is 0 Å². The van der Waals surface area contributed by atoms with Crippen molar-refractivity contribution in [2.75, 3.05) is 12.1 Å². The Kier molecular flexibility index (Phi) is 5.00. The van der Waals surface area contributed by atoms with E-state index in [9.17, 15) is 14.0 Å². The third-order valence-corrected chi connectivity index (χ3v) is 6.32. The number of benzene rings is 2. The highest BCUT2D eigenvalue weighted by Gasteiger charge is 2.43. The van der Waals surface area contributed by atoms with Gasteiger partial charge in [0.2, 0.25) is 6.79 Å². The van der Waals surface area contributed by atoms with Gasteiger partial charge in [0.25, 0.3) is 5.91 Å². The first-order valence-electron chi connectivity index (χ1n) is 10.9. The van der Waals surface area contributed by atoms with Crippen LogP contribution in [0.1, 0.15) is 45.1 Å². The number of Topliss-reactive ketones (excluding diaryl/α,β-unsaturated/α-hetero) is 1. The maximum Gasteiger partial charge on any atom is 0.254 e. The van der Waals surface area contributed by atoms with Crippen LogP contribution >= 0.6 is 0 Å². The number of anilines is 1. The fourth-order valence-electron chi connectivity index (χ4n) is 4.89. The Balaban J connectivity index is 1.60. The molecular weight excluding hydrogens is 423 g/mol. The number of hydrogen-bond acceptors (Lipinski definition) is 5. The number of amides is 1. The van der Waals surface area contributed by atoms with E-state index in [0.29, 0.717) is 46.9 Å². The van der Waals surface area contributed by atoms with Crippen LogP contribution in [0.25, 0.3) is 0 Å². The Morgan fingerprint density at radius 2 is 1.82 bits per heavy atom. The summed E-state index contributed by atoms with van der Waals surface area (Å²) >= 11 is 0. The summed E-state index contributed by atoms with van der Waals surface area (Å²) in [6, 6.07) is 11.1. The van der Waals surface area contributed by atoms with Gasteiger partial charge in [-0.15, -0.1) is 0 Å². The maximum absolute atomic E-state index is 13.5. The molecule has 1 amide bonds. The summed E-state index contributed by atoms with van der Waals surface area (Å²) in [6.07, 6.45) is 1.11. The van der Waals surface area contributed by atoms with Gasteiger partial charge in [-0.1, -0.05) is 19.9 Å². The Labute approximate surface area is 191 Å². The Hall–Kier alpha value is -3.61. The number of halogens is 1. The summed E-state index contributed by atoms with van der Waals surface area (Å²) in [4.78, 5) is 26.9. The summed E-state index contributed by atoms with van der Waals surface area (Å²) in [5, 5.41) is 6.20. The lowest BCUT2D eigenvalue weighted by molar-refractivity contribution is -0.118. The van der Waals surface area contributed by atoms with E-state index in [0.717, 1.165) is 11.3 Å². The zero-order valence-electron chi connectivity index (χ0n) is 18.8. The molecule has 0 aromatic heterocycles. The normalized spacial score (nSPS) is 21.0. The average molecular weight is 448 g/mol. The van der Waals surface area contributed by atoms with Crippen LogP contribution in [0.2, 0.25) is 0 Å². The molecule has 2 aliphatic heterocycles. The van der Waals surface area contributed by atoms with Crippen LogP contribution in [0.15, 0.2) is 65.0 Å². The summed E-state index contributed by atoms with van der Waals surface area (Å²) in [5.74, 6) is -0.0378. The molecule has 0 unspecified atom stereocenters. The third kappa shape index (κ3) is 3.88. The minimum Gasteiger partial charge on any atom is -0.454 e. The SMILES string of the molecule is CC1=C(C(=O)Nc2ccc(F)cc2)[C@H](c2ccc3c(c2)OCO3)C2=C(CC(C)(C)CC2=O)N1.